The maximum absolute atomic E-state index is 12.5. The molecule has 0 fully saturated rings. The predicted octanol–water partition coefficient (Wildman–Crippen LogP) is 3.79. The van der Waals surface area contributed by atoms with Gasteiger partial charge in [-0.15, -0.1) is 0 Å². The minimum absolute atomic E-state index is 0.391. The SMILES string of the molecule is COc1ccc2oc(=O)c(-c3ccc(OC)c(OC)c3)c(C)c2c1. The molecule has 5 nitrogen and oxygen atoms in total. The smallest absolute Gasteiger partial charge is 0.344 e. The summed E-state index contributed by atoms with van der Waals surface area (Å²) in [5.41, 5.74) is 2.17. The number of aryl methyl sites for hydroxylation is 1. The number of hydrogen-bond donors (Lipinski definition) is 0. The van der Waals surface area contributed by atoms with E-state index in [1.165, 1.54) is 0 Å². The lowest BCUT2D eigenvalue weighted by molar-refractivity contribution is 0.355. The van der Waals surface area contributed by atoms with Gasteiger partial charge in [0.25, 0.3) is 0 Å². The zero-order valence-electron chi connectivity index (χ0n) is 14.0. The van der Waals surface area contributed by atoms with Crippen molar-refractivity contribution < 1.29 is 18.6 Å². The highest BCUT2D eigenvalue weighted by atomic mass is 16.5. The van der Waals surface area contributed by atoms with Gasteiger partial charge in [0, 0.05) is 5.39 Å². The van der Waals surface area contributed by atoms with Gasteiger partial charge >= 0.3 is 5.63 Å². The summed E-state index contributed by atoms with van der Waals surface area (Å²) in [6.45, 7) is 1.89. The summed E-state index contributed by atoms with van der Waals surface area (Å²) in [7, 11) is 4.73. The van der Waals surface area contributed by atoms with Crippen LogP contribution in [-0.2, 0) is 0 Å². The molecule has 2 aromatic carbocycles. The van der Waals surface area contributed by atoms with E-state index in [0.29, 0.717) is 34.0 Å². The molecule has 0 unspecified atom stereocenters. The molecule has 0 saturated heterocycles. The first-order valence-electron chi connectivity index (χ1n) is 7.43. The molecule has 1 aromatic heterocycles. The molecule has 0 aliphatic carbocycles. The van der Waals surface area contributed by atoms with Gasteiger partial charge in [0.1, 0.15) is 11.3 Å². The number of ether oxygens (including phenoxy) is 3. The topological polar surface area (TPSA) is 57.9 Å². The number of methoxy groups -OCH3 is 3. The summed E-state index contributed by atoms with van der Waals surface area (Å²) in [5, 5.41) is 0.832. The van der Waals surface area contributed by atoms with E-state index in [1.807, 2.05) is 19.1 Å². The van der Waals surface area contributed by atoms with Crippen molar-refractivity contribution in [3.05, 3.63) is 52.4 Å². The highest BCUT2D eigenvalue weighted by Crippen LogP contribution is 2.34. The van der Waals surface area contributed by atoms with Crippen molar-refractivity contribution in [2.45, 2.75) is 6.92 Å². The summed E-state index contributed by atoms with van der Waals surface area (Å²) in [5.74, 6) is 1.86. The molecule has 5 heteroatoms. The van der Waals surface area contributed by atoms with Gasteiger partial charge in [0.2, 0.25) is 0 Å². The fourth-order valence-electron chi connectivity index (χ4n) is 2.78. The lowest BCUT2D eigenvalue weighted by atomic mass is 9.99. The largest absolute Gasteiger partial charge is 0.497 e. The molecule has 124 valence electrons. The van der Waals surface area contributed by atoms with E-state index in [0.717, 1.165) is 10.9 Å². The highest BCUT2D eigenvalue weighted by molar-refractivity contribution is 5.88. The Balaban J connectivity index is 2.28. The molecule has 0 bridgehead atoms. The molecule has 0 amide bonds. The lowest BCUT2D eigenvalue weighted by Crippen LogP contribution is -2.06. The molecule has 0 aliphatic rings. The van der Waals surface area contributed by atoms with Crippen molar-refractivity contribution >= 4 is 11.0 Å². The Kier molecular flexibility index (Phi) is 4.16. The van der Waals surface area contributed by atoms with E-state index in [2.05, 4.69) is 0 Å². The summed E-state index contributed by atoms with van der Waals surface area (Å²) in [6.07, 6.45) is 0. The summed E-state index contributed by atoms with van der Waals surface area (Å²) in [6, 6.07) is 10.7. The summed E-state index contributed by atoms with van der Waals surface area (Å²) < 4.78 is 21.3. The molecule has 0 spiro atoms. The average Bonchev–Trinajstić information content (AvgIpc) is 2.61. The molecular formula is C19H18O5. The fraction of sp³-hybridized carbons (Fsp3) is 0.211. The van der Waals surface area contributed by atoms with E-state index in [4.69, 9.17) is 18.6 Å². The predicted molar refractivity (Wildman–Crippen MR) is 92.3 cm³/mol. The van der Waals surface area contributed by atoms with Crippen LogP contribution in [0.5, 0.6) is 17.2 Å². The molecule has 1 heterocycles. The molecule has 24 heavy (non-hydrogen) atoms. The Morgan fingerprint density at radius 2 is 1.62 bits per heavy atom. The second-order valence-electron chi connectivity index (χ2n) is 5.32. The number of benzene rings is 2. The molecule has 3 rings (SSSR count). The van der Waals surface area contributed by atoms with Crippen LogP contribution in [0, 0.1) is 6.92 Å². The van der Waals surface area contributed by atoms with Crippen LogP contribution in [0.1, 0.15) is 5.56 Å². The van der Waals surface area contributed by atoms with E-state index in [1.54, 1.807) is 45.6 Å². The van der Waals surface area contributed by atoms with Crippen LogP contribution in [0.25, 0.3) is 22.1 Å². The monoisotopic (exact) mass is 326 g/mol. The summed E-state index contributed by atoms with van der Waals surface area (Å²) in [4.78, 5) is 12.5. The average molecular weight is 326 g/mol. The lowest BCUT2D eigenvalue weighted by Gasteiger charge is -2.12. The van der Waals surface area contributed by atoms with Gasteiger partial charge in [-0.1, -0.05) is 6.07 Å². The van der Waals surface area contributed by atoms with Crippen molar-refractivity contribution in [1.29, 1.82) is 0 Å². The third kappa shape index (κ3) is 2.58. The first-order valence-corrected chi connectivity index (χ1v) is 7.43. The molecule has 0 N–H and O–H groups in total. The van der Waals surface area contributed by atoms with Crippen molar-refractivity contribution in [2.24, 2.45) is 0 Å². The van der Waals surface area contributed by atoms with Crippen molar-refractivity contribution in [2.75, 3.05) is 21.3 Å². The van der Waals surface area contributed by atoms with Gasteiger partial charge in [-0.05, 0) is 48.4 Å². The Bertz CT molecular complexity index is 956. The third-order valence-electron chi connectivity index (χ3n) is 4.04. The van der Waals surface area contributed by atoms with Gasteiger partial charge in [-0.2, -0.15) is 0 Å². The van der Waals surface area contributed by atoms with Crippen molar-refractivity contribution in [3.63, 3.8) is 0 Å². The van der Waals surface area contributed by atoms with Gasteiger partial charge in [0.05, 0.1) is 26.9 Å². The summed E-state index contributed by atoms with van der Waals surface area (Å²) >= 11 is 0. The van der Waals surface area contributed by atoms with Crippen LogP contribution < -0.4 is 19.8 Å². The zero-order valence-corrected chi connectivity index (χ0v) is 14.0. The number of hydrogen-bond acceptors (Lipinski definition) is 5. The van der Waals surface area contributed by atoms with E-state index in [9.17, 15) is 4.79 Å². The quantitative estimate of drug-likeness (QED) is 0.683. The van der Waals surface area contributed by atoms with Crippen molar-refractivity contribution in [1.82, 2.24) is 0 Å². The fourth-order valence-corrected chi connectivity index (χ4v) is 2.78. The number of rotatable bonds is 4. The first kappa shape index (κ1) is 15.9. The molecule has 0 atom stereocenters. The van der Waals surface area contributed by atoms with Crippen LogP contribution in [0.15, 0.2) is 45.6 Å². The van der Waals surface area contributed by atoms with Gasteiger partial charge in [-0.25, -0.2) is 4.79 Å². The van der Waals surface area contributed by atoms with E-state index < -0.39 is 5.63 Å². The van der Waals surface area contributed by atoms with Crippen LogP contribution in [0.2, 0.25) is 0 Å². The second-order valence-corrected chi connectivity index (χ2v) is 5.32. The molecule has 0 radical (unpaired) electrons. The Morgan fingerprint density at radius 3 is 2.29 bits per heavy atom. The Hall–Kier alpha value is -2.95. The van der Waals surface area contributed by atoms with Crippen LogP contribution in [-0.4, -0.2) is 21.3 Å². The van der Waals surface area contributed by atoms with Crippen LogP contribution >= 0.6 is 0 Å². The minimum atomic E-state index is -0.391. The van der Waals surface area contributed by atoms with Crippen molar-refractivity contribution in [3.8, 4) is 28.4 Å². The second kappa shape index (κ2) is 6.28. The normalized spacial score (nSPS) is 10.7. The molecule has 3 aromatic rings. The number of fused-ring (bicyclic) bond motifs is 1. The highest BCUT2D eigenvalue weighted by Gasteiger charge is 2.16. The van der Waals surface area contributed by atoms with E-state index >= 15 is 0 Å². The van der Waals surface area contributed by atoms with Gasteiger partial charge in [-0.3, -0.25) is 0 Å². The van der Waals surface area contributed by atoms with Crippen LogP contribution in [0.3, 0.4) is 0 Å². The molecule has 0 aliphatic heterocycles. The first-order chi connectivity index (χ1) is 11.6. The van der Waals surface area contributed by atoms with Gasteiger partial charge < -0.3 is 18.6 Å². The maximum Gasteiger partial charge on any atom is 0.344 e. The maximum atomic E-state index is 12.5. The van der Waals surface area contributed by atoms with Gasteiger partial charge in [0.15, 0.2) is 11.5 Å². The minimum Gasteiger partial charge on any atom is -0.497 e. The standard InChI is InChI=1S/C19H18O5/c1-11-14-10-13(21-2)6-8-15(14)24-19(20)18(11)12-5-7-16(22-3)17(9-12)23-4/h5-10H,1-4H3. The van der Waals surface area contributed by atoms with E-state index in [-0.39, 0.29) is 0 Å². The zero-order chi connectivity index (χ0) is 17.3. The molecule has 0 saturated carbocycles. The Morgan fingerprint density at radius 1 is 0.875 bits per heavy atom. The van der Waals surface area contributed by atoms with Crippen LogP contribution in [0.4, 0.5) is 0 Å². The Labute approximate surface area is 139 Å². The molecular weight excluding hydrogens is 308 g/mol. The third-order valence-corrected chi connectivity index (χ3v) is 4.04.